The predicted molar refractivity (Wildman–Crippen MR) is 86.5 cm³/mol. The van der Waals surface area contributed by atoms with Crippen LogP contribution in [0.5, 0.6) is 0 Å². The zero-order valence-corrected chi connectivity index (χ0v) is 13.5. The van der Waals surface area contributed by atoms with Crippen LogP contribution >= 0.6 is 11.3 Å². The number of nitrogens with zero attached hydrogens (tertiary/aromatic N) is 1. The Labute approximate surface area is 141 Å². The molecule has 0 unspecified atom stereocenters. The highest BCUT2D eigenvalue weighted by Gasteiger charge is 2.35. The van der Waals surface area contributed by atoms with E-state index in [1.807, 2.05) is 0 Å². The van der Waals surface area contributed by atoms with Crippen molar-refractivity contribution in [3.63, 3.8) is 0 Å². The third kappa shape index (κ3) is 3.76. The SMILES string of the molecule is O=C(c1cnc(NC[C@@H]2CCCN2)s1)c1ccccc1C(F)(F)F. The number of carbonyl (C=O) groups excluding carboxylic acids is 1. The van der Waals surface area contributed by atoms with E-state index in [4.69, 9.17) is 0 Å². The van der Waals surface area contributed by atoms with Crippen LogP contribution in [0.1, 0.15) is 33.6 Å². The fraction of sp³-hybridized carbons (Fsp3) is 0.375. The van der Waals surface area contributed by atoms with E-state index >= 15 is 0 Å². The fourth-order valence-electron chi connectivity index (χ4n) is 2.66. The molecule has 4 nitrogen and oxygen atoms in total. The Morgan fingerprint density at radius 2 is 2.17 bits per heavy atom. The lowest BCUT2D eigenvalue weighted by Gasteiger charge is -2.11. The van der Waals surface area contributed by atoms with Crippen molar-refractivity contribution in [2.45, 2.75) is 25.1 Å². The third-order valence-electron chi connectivity index (χ3n) is 3.87. The van der Waals surface area contributed by atoms with Gasteiger partial charge in [0.2, 0.25) is 5.78 Å². The molecule has 1 saturated heterocycles. The van der Waals surface area contributed by atoms with E-state index in [0.717, 1.165) is 36.8 Å². The number of carbonyl (C=O) groups is 1. The molecule has 1 aliphatic heterocycles. The molecule has 1 atom stereocenters. The summed E-state index contributed by atoms with van der Waals surface area (Å²) in [6, 6.07) is 5.17. The van der Waals surface area contributed by atoms with Crippen LogP contribution in [0.2, 0.25) is 0 Å². The number of ketones is 1. The average Bonchev–Trinajstić information content (AvgIpc) is 3.23. The topological polar surface area (TPSA) is 54.0 Å². The highest BCUT2D eigenvalue weighted by molar-refractivity contribution is 7.17. The maximum Gasteiger partial charge on any atom is 0.417 e. The zero-order valence-electron chi connectivity index (χ0n) is 12.7. The van der Waals surface area contributed by atoms with Gasteiger partial charge in [-0.15, -0.1) is 0 Å². The maximum absolute atomic E-state index is 13.0. The Bertz CT molecular complexity index is 723. The molecule has 128 valence electrons. The Balaban J connectivity index is 1.74. The minimum Gasteiger partial charge on any atom is -0.360 e. The number of aromatic nitrogens is 1. The van der Waals surface area contributed by atoms with Gasteiger partial charge in [0.1, 0.15) is 0 Å². The predicted octanol–water partition coefficient (Wildman–Crippen LogP) is 3.56. The highest BCUT2D eigenvalue weighted by atomic mass is 32.1. The van der Waals surface area contributed by atoms with E-state index in [9.17, 15) is 18.0 Å². The molecular weight excluding hydrogens is 339 g/mol. The van der Waals surface area contributed by atoms with Gasteiger partial charge in [-0.2, -0.15) is 13.2 Å². The summed E-state index contributed by atoms with van der Waals surface area (Å²) in [6.45, 7) is 1.67. The molecule has 1 aromatic carbocycles. The van der Waals surface area contributed by atoms with Crippen LogP contribution in [0.3, 0.4) is 0 Å². The molecule has 24 heavy (non-hydrogen) atoms. The number of nitrogens with one attached hydrogen (secondary N) is 2. The van der Waals surface area contributed by atoms with Crippen molar-refractivity contribution >= 4 is 22.3 Å². The quantitative estimate of drug-likeness (QED) is 0.806. The van der Waals surface area contributed by atoms with Gasteiger partial charge < -0.3 is 10.6 Å². The Kier molecular flexibility index (Phi) is 4.86. The Hall–Kier alpha value is -1.93. The molecule has 1 aromatic heterocycles. The highest BCUT2D eigenvalue weighted by Crippen LogP contribution is 2.33. The van der Waals surface area contributed by atoms with E-state index < -0.39 is 17.5 Å². The standard InChI is InChI=1S/C16H16F3N3OS/c17-16(18,19)12-6-2-1-5-11(12)14(23)13-9-22-15(24-13)21-8-10-4-3-7-20-10/h1-2,5-6,9-10,20H,3-4,7-8H2,(H,21,22)/t10-/m0/s1. The van der Waals surface area contributed by atoms with Gasteiger partial charge in [0.25, 0.3) is 0 Å². The summed E-state index contributed by atoms with van der Waals surface area (Å²) < 4.78 is 39.1. The van der Waals surface area contributed by atoms with E-state index in [2.05, 4.69) is 15.6 Å². The lowest BCUT2D eigenvalue weighted by atomic mass is 10.0. The van der Waals surface area contributed by atoms with Crippen LogP contribution in [0.4, 0.5) is 18.3 Å². The molecule has 0 aliphatic carbocycles. The molecule has 0 bridgehead atoms. The van der Waals surface area contributed by atoms with Crippen molar-refractivity contribution in [2.24, 2.45) is 0 Å². The molecule has 2 N–H and O–H groups in total. The Morgan fingerprint density at radius 3 is 2.88 bits per heavy atom. The van der Waals surface area contributed by atoms with Crippen LogP contribution in [0.15, 0.2) is 30.5 Å². The van der Waals surface area contributed by atoms with Crippen LogP contribution in [0.25, 0.3) is 0 Å². The molecule has 0 amide bonds. The molecule has 0 spiro atoms. The first-order chi connectivity index (χ1) is 11.4. The van der Waals surface area contributed by atoms with Gasteiger partial charge in [-0.25, -0.2) is 4.98 Å². The molecule has 1 fully saturated rings. The van der Waals surface area contributed by atoms with E-state index in [0.29, 0.717) is 17.7 Å². The zero-order chi connectivity index (χ0) is 17.2. The van der Waals surface area contributed by atoms with Crippen molar-refractivity contribution in [2.75, 3.05) is 18.4 Å². The molecule has 1 aliphatic rings. The summed E-state index contributed by atoms with van der Waals surface area (Å²) in [7, 11) is 0. The first-order valence-electron chi connectivity index (χ1n) is 7.59. The van der Waals surface area contributed by atoms with Crippen LogP contribution in [-0.4, -0.2) is 29.9 Å². The number of anilines is 1. The number of thiazole rings is 1. The first-order valence-corrected chi connectivity index (χ1v) is 8.41. The molecule has 2 heterocycles. The van der Waals surface area contributed by atoms with Crippen molar-refractivity contribution in [1.82, 2.24) is 10.3 Å². The summed E-state index contributed by atoms with van der Waals surface area (Å²) >= 11 is 1.07. The number of rotatable bonds is 5. The monoisotopic (exact) mass is 355 g/mol. The molecule has 0 radical (unpaired) electrons. The molecule has 0 saturated carbocycles. The first kappa shape index (κ1) is 16.9. The van der Waals surface area contributed by atoms with Gasteiger partial charge in [0, 0.05) is 18.2 Å². The minimum atomic E-state index is -4.56. The van der Waals surface area contributed by atoms with Crippen molar-refractivity contribution in [3.8, 4) is 0 Å². The van der Waals surface area contributed by atoms with Gasteiger partial charge in [-0.1, -0.05) is 29.5 Å². The van der Waals surface area contributed by atoms with Gasteiger partial charge in [-0.05, 0) is 25.5 Å². The van der Waals surface area contributed by atoms with Gasteiger partial charge in [-0.3, -0.25) is 4.79 Å². The smallest absolute Gasteiger partial charge is 0.360 e. The number of hydrogen-bond acceptors (Lipinski definition) is 5. The number of benzene rings is 1. The number of alkyl halides is 3. The van der Waals surface area contributed by atoms with E-state index in [1.54, 1.807) is 0 Å². The van der Waals surface area contributed by atoms with Gasteiger partial charge >= 0.3 is 6.18 Å². The molecule has 2 aromatic rings. The van der Waals surface area contributed by atoms with E-state index in [1.165, 1.54) is 24.4 Å². The van der Waals surface area contributed by atoms with Crippen molar-refractivity contribution in [3.05, 3.63) is 46.5 Å². The van der Waals surface area contributed by atoms with Gasteiger partial charge in [0.05, 0.1) is 16.6 Å². The average molecular weight is 355 g/mol. The maximum atomic E-state index is 13.0. The van der Waals surface area contributed by atoms with Crippen molar-refractivity contribution < 1.29 is 18.0 Å². The second-order valence-electron chi connectivity index (χ2n) is 5.58. The lowest BCUT2D eigenvalue weighted by Crippen LogP contribution is -2.29. The fourth-order valence-corrected chi connectivity index (χ4v) is 3.44. The molecule has 8 heteroatoms. The van der Waals surface area contributed by atoms with Crippen LogP contribution in [0, 0.1) is 0 Å². The third-order valence-corrected chi connectivity index (χ3v) is 4.82. The number of halogens is 3. The van der Waals surface area contributed by atoms with Crippen LogP contribution < -0.4 is 10.6 Å². The van der Waals surface area contributed by atoms with E-state index in [-0.39, 0.29) is 10.4 Å². The largest absolute Gasteiger partial charge is 0.417 e. The van der Waals surface area contributed by atoms with Gasteiger partial charge in [0.15, 0.2) is 5.13 Å². The Morgan fingerprint density at radius 1 is 1.38 bits per heavy atom. The number of hydrogen-bond donors (Lipinski definition) is 2. The lowest BCUT2D eigenvalue weighted by molar-refractivity contribution is -0.137. The van der Waals surface area contributed by atoms with Crippen molar-refractivity contribution in [1.29, 1.82) is 0 Å². The molecular formula is C16H16F3N3OS. The summed E-state index contributed by atoms with van der Waals surface area (Å²) in [5.74, 6) is -0.660. The summed E-state index contributed by atoms with van der Waals surface area (Å²) in [6.07, 6.45) is -1.04. The second-order valence-corrected chi connectivity index (χ2v) is 6.61. The van der Waals surface area contributed by atoms with Crippen LogP contribution in [-0.2, 0) is 6.18 Å². The second kappa shape index (κ2) is 6.90. The minimum absolute atomic E-state index is 0.189. The summed E-state index contributed by atoms with van der Waals surface area (Å²) in [4.78, 5) is 16.7. The molecule has 3 rings (SSSR count). The normalized spacial score (nSPS) is 17.9. The summed E-state index contributed by atoms with van der Waals surface area (Å²) in [5.41, 5.74) is -1.27. The summed E-state index contributed by atoms with van der Waals surface area (Å²) in [5, 5.41) is 7.00.